The summed E-state index contributed by atoms with van der Waals surface area (Å²) in [6.45, 7) is 1.78. The van der Waals surface area contributed by atoms with Crippen LogP contribution in [0.2, 0.25) is 0 Å². The van der Waals surface area contributed by atoms with E-state index in [9.17, 15) is 9.59 Å². The second-order valence-electron chi connectivity index (χ2n) is 4.23. The second-order valence-corrected chi connectivity index (χ2v) is 4.23. The topological polar surface area (TPSA) is 91.3 Å². The van der Waals surface area contributed by atoms with Crippen LogP contribution in [0.3, 0.4) is 0 Å². The van der Waals surface area contributed by atoms with Crippen LogP contribution in [0.15, 0.2) is 18.3 Å². The molecule has 0 aromatic carbocycles. The van der Waals surface area contributed by atoms with Crippen molar-refractivity contribution in [2.75, 3.05) is 13.1 Å². The Morgan fingerprint density at radius 3 is 2.78 bits per heavy atom. The van der Waals surface area contributed by atoms with Gasteiger partial charge in [-0.2, -0.15) is 0 Å². The van der Waals surface area contributed by atoms with Gasteiger partial charge in [-0.3, -0.25) is 4.79 Å². The van der Waals surface area contributed by atoms with Gasteiger partial charge in [-0.05, 0) is 38.1 Å². The predicted molar refractivity (Wildman–Crippen MR) is 64.6 cm³/mol. The Morgan fingerprint density at radius 2 is 2.11 bits per heavy atom. The number of nitrogens with zero attached hydrogens (tertiary/aromatic N) is 1. The Balaban J connectivity index is 2.03. The highest BCUT2D eigenvalue weighted by atomic mass is 16.4. The maximum Gasteiger partial charge on any atom is 0.354 e. The Hall–Kier alpha value is -1.95. The normalized spacial score (nSPS) is 16.2. The molecule has 3 N–H and O–H groups in total. The van der Waals surface area contributed by atoms with Crippen molar-refractivity contribution in [2.45, 2.75) is 18.9 Å². The number of hydrogen-bond donors (Lipinski definition) is 3. The molecule has 0 aliphatic carbocycles. The van der Waals surface area contributed by atoms with Crippen LogP contribution in [-0.2, 0) is 0 Å². The third-order valence-electron chi connectivity index (χ3n) is 2.92. The van der Waals surface area contributed by atoms with E-state index in [0.717, 1.165) is 25.9 Å². The van der Waals surface area contributed by atoms with E-state index in [1.165, 1.54) is 18.3 Å². The number of carbonyl (C=O) groups is 2. The molecule has 0 atom stereocenters. The average Bonchev–Trinajstić information content (AvgIpc) is 2.40. The van der Waals surface area contributed by atoms with E-state index in [4.69, 9.17) is 5.11 Å². The molecule has 2 rings (SSSR count). The average molecular weight is 249 g/mol. The number of rotatable bonds is 3. The SMILES string of the molecule is O=C(NC1CCNCC1)c1ccnc(C(=O)O)c1. The van der Waals surface area contributed by atoms with Gasteiger partial charge >= 0.3 is 5.97 Å². The van der Waals surface area contributed by atoms with E-state index >= 15 is 0 Å². The lowest BCUT2D eigenvalue weighted by Crippen LogP contribution is -2.42. The molecular weight excluding hydrogens is 234 g/mol. The van der Waals surface area contributed by atoms with E-state index in [2.05, 4.69) is 15.6 Å². The second kappa shape index (κ2) is 5.59. The van der Waals surface area contributed by atoms with Crippen LogP contribution in [0.5, 0.6) is 0 Å². The van der Waals surface area contributed by atoms with E-state index < -0.39 is 5.97 Å². The standard InChI is InChI=1S/C12H15N3O3/c16-11(15-9-2-4-13-5-3-9)8-1-6-14-10(7-8)12(17)18/h1,6-7,9,13H,2-5H2,(H,15,16)(H,17,18). The number of carbonyl (C=O) groups excluding carboxylic acids is 1. The van der Waals surface area contributed by atoms with Gasteiger partial charge in [0.15, 0.2) is 0 Å². The van der Waals surface area contributed by atoms with Gasteiger partial charge in [-0.25, -0.2) is 9.78 Å². The van der Waals surface area contributed by atoms with Gasteiger partial charge < -0.3 is 15.7 Å². The third-order valence-corrected chi connectivity index (χ3v) is 2.92. The summed E-state index contributed by atoms with van der Waals surface area (Å²) in [6.07, 6.45) is 3.12. The third kappa shape index (κ3) is 3.04. The van der Waals surface area contributed by atoms with E-state index in [0.29, 0.717) is 5.56 Å². The first-order chi connectivity index (χ1) is 8.66. The van der Waals surface area contributed by atoms with E-state index in [1.807, 2.05) is 0 Å². The highest BCUT2D eigenvalue weighted by Gasteiger charge is 2.17. The minimum Gasteiger partial charge on any atom is -0.477 e. The molecule has 0 spiro atoms. The monoisotopic (exact) mass is 249 g/mol. The molecule has 6 heteroatoms. The zero-order valence-corrected chi connectivity index (χ0v) is 9.85. The lowest BCUT2D eigenvalue weighted by Gasteiger charge is -2.23. The summed E-state index contributed by atoms with van der Waals surface area (Å²) in [5.74, 6) is -1.38. The van der Waals surface area contributed by atoms with E-state index in [-0.39, 0.29) is 17.6 Å². The number of aromatic nitrogens is 1. The minimum absolute atomic E-state index is 0.118. The summed E-state index contributed by atoms with van der Waals surface area (Å²) in [5.41, 5.74) is 0.217. The lowest BCUT2D eigenvalue weighted by molar-refractivity contribution is 0.0690. The van der Waals surface area contributed by atoms with Crippen molar-refractivity contribution in [1.29, 1.82) is 0 Å². The predicted octanol–water partition coefficient (Wildman–Crippen LogP) is 0.262. The molecule has 1 fully saturated rings. The molecule has 1 saturated heterocycles. The largest absolute Gasteiger partial charge is 0.477 e. The first-order valence-electron chi connectivity index (χ1n) is 5.88. The minimum atomic E-state index is -1.13. The molecule has 1 amide bonds. The quantitative estimate of drug-likeness (QED) is 0.715. The zero-order valence-electron chi connectivity index (χ0n) is 9.85. The van der Waals surface area contributed by atoms with Gasteiger partial charge in [-0.15, -0.1) is 0 Å². The number of hydrogen-bond acceptors (Lipinski definition) is 4. The van der Waals surface area contributed by atoms with Crippen molar-refractivity contribution >= 4 is 11.9 Å². The Kier molecular flexibility index (Phi) is 3.88. The van der Waals surface area contributed by atoms with Crippen LogP contribution in [0.25, 0.3) is 0 Å². The highest BCUT2D eigenvalue weighted by Crippen LogP contribution is 2.06. The van der Waals surface area contributed by atoms with Crippen molar-refractivity contribution in [3.63, 3.8) is 0 Å². The maximum atomic E-state index is 11.9. The van der Waals surface area contributed by atoms with Crippen molar-refractivity contribution in [3.8, 4) is 0 Å². The number of amides is 1. The fourth-order valence-corrected chi connectivity index (χ4v) is 1.92. The molecular formula is C12H15N3O3. The molecule has 6 nitrogen and oxygen atoms in total. The number of pyridine rings is 1. The van der Waals surface area contributed by atoms with Gasteiger partial charge in [0, 0.05) is 17.8 Å². The summed E-state index contributed by atoms with van der Waals surface area (Å²) >= 11 is 0. The van der Waals surface area contributed by atoms with Gasteiger partial charge in [0.1, 0.15) is 5.69 Å². The lowest BCUT2D eigenvalue weighted by atomic mass is 10.1. The Labute approximate surface area is 104 Å². The van der Waals surface area contributed by atoms with E-state index in [1.54, 1.807) is 0 Å². The van der Waals surface area contributed by atoms with Crippen LogP contribution in [0.1, 0.15) is 33.7 Å². The van der Waals surface area contributed by atoms with Crippen molar-refractivity contribution in [3.05, 3.63) is 29.6 Å². The van der Waals surface area contributed by atoms with Gasteiger partial charge in [0.25, 0.3) is 5.91 Å². The number of aromatic carboxylic acids is 1. The van der Waals surface area contributed by atoms with Crippen molar-refractivity contribution in [2.24, 2.45) is 0 Å². The molecule has 18 heavy (non-hydrogen) atoms. The van der Waals surface area contributed by atoms with Crippen molar-refractivity contribution < 1.29 is 14.7 Å². The summed E-state index contributed by atoms with van der Waals surface area (Å²) in [4.78, 5) is 26.4. The summed E-state index contributed by atoms with van der Waals surface area (Å²) in [6, 6.07) is 2.96. The number of nitrogens with one attached hydrogen (secondary N) is 2. The Morgan fingerprint density at radius 1 is 1.39 bits per heavy atom. The van der Waals surface area contributed by atoms with Crippen LogP contribution >= 0.6 is 0 Å². The first-order valence-corrected chi connectivity index (χ1v) is 5.88. The molecule has 1 aromatic rings. The number of carboxylic acids is 1. The molecule has 2 heterocycles. The van der Waals surface area contributed by atoms with Crippen LogP contribution in [0, 0.1) is 0 Å². The Bertz CT molecular complexity index is 456. The maximum absolute atomic E-state index is 11.9. The molecule has 0 saturated carbocycles. The first kappa shape index (κ1) is 12.5. The summed E-state index contributed by atoms with van der Waals surface area (Å²) < 4.78 is 0. The molecule has 96 valence electrons. The van der Waals surface area contributed by atoms with Gasteiger partial charge in [0.2, 0.25) is 0 Å². The number of piperidine rings is 1. The molecule has 0 unspecified atom stereocenters. The molecule has 1 aliphatic heterocycles. The fraction of sp³-hybridized carbons (Fsp3) is 0.417. The van der Waals surface area contributed by atoms with Gasteiger partial charge in [-0.1, -0.05) is 0 Å². The number of carboxylic acid groups (broad SMARTS) is 1. The smallest absolute Gasteiger partial charge is 0.354 e. The van der Waals surface area contributed by atoms with Crippen molar-refractivity contribution in [1.82, 2.24) is 15.6 Å². The molecule has 0 radical (unpaired) electrons. The fourth-order valence-electron chi connectivity index (χ4n) is 1.92. The van der Waals surface area contributed by atoms with Crippen LogP contribution < -0.4 is 10.6 Å². The molecule has 1 aliphatic rings. The molecule has 0 bridgehead atoms. The summed E-state index contributed by atoms with van der Waals surface area (Å²) in [5, 5.41) is 14.9. The van der Waals surface area contributed by atoms with Gasteiger partial charge in [0.05, 0.1) is 0 Å². The van der Waals surface area contributed by atoms with Crippen LogP contribution in [0.4, 0.5) is 0 Å². The zero-order chi connectivity index (χ0) is 13.0. The highest BCUT2D eigenvalue weighted by molar-refractivity contribution is 5.96. The molecule has 1 aromatic heterocycles. The van der Waals surface area contributed by atoms with Crippen LogP contribution in [-0.4, -0.2) is 41.1 Å². The summed E-state index contributed by atoms with van der Waals surface area (Å²) in [7, 11) is 0.